The fourth-order valence-corrected chi connectivity index (χ4v) is 2.59. The first kappa shape index (κ1) is 13.9. The van der Waals surface area contributed by atoms with Crippen LogP contribution in [0.15, 0.2) is 60.7 Å². The summed E-state index contributed by atoms with van der Waals surface area (Å²) in [5, 5.41) is 0. The molecule has 0 aliphatic carbocycles. The Bertz CT molecular complexity index is 451. The SMILES string of the molecule is CC(C(c1ccccc1)c1ccccc1)C(C)(C)C. The third kappa shape index (κ3) is 3.26. The van der Waals surface area contributed by atoms with Gasteiger partial charge in [0.1, 0.15) is 0 Å². The van der Waals surface area contributed by atoms with E-state index in [4.69, 9.17) is 0 Å². The highest BCUT2D eigenvalue weighted by molar-refractivity contribution is 5.33. The van der Waals surface area contributed by atoms with Gasteiger partial charge in [-0.1, -0.05) is 88.4 Å². The molecular formula is C19H24. The first-order chi connectivity index (χ1) is 9.00. The van der Waals surface area contributed by atoms with Crippen LogP contribution in [0.5, 0.6) is 0 Å². The van der Waals surface area contributed by atoms with E-state index >= 15 is 0 Å². The molecule has 0 saturated heterocycles. The van der Waals surface area contributed by atoms with E-state index in [1.54, 1.807) is 0 Å². The average Bonchev–Trinajstić information content (AvgIpc) is 2.40. The van der Waals surface area contributed by atoms with Crippen molar-refractivity contribution < 1.29 is 0 Å². The molecule has 2 aromatic carbocycles. The van der Waals surface area contributed by atoms with Crippen LogP contribution in [0, 0.1) is 11.3 Å². The van der Waals surface area contributed by atoms with E-state index < -0.39 is 0 Å². The molecule has 0 saturated carbocycles. The molecule has 100 valence electrons. The molecule has 0 fully saturated rings. The lowest BCUT2D eigenvalue weighted by molar-refractivity contribution is 0.237. The fraction of sp³-hybridized carbons (Fsp3) is 0.368. The van der Waals surface area contributed by atoms with Crippen molar-refractivity contribution in [3.63, 3.8) is 0 Å². The van der Waals surface area contributed by atoms with Gasteiger partial charge in [-0.15, -0.1) is 0 Å². The molecule has 0 amide bonds. The zero-order chi connectivity index (χ0) is 13.9. The smallest absolute Gasteiger partial charge is 0.0120 e. The molecule has 1 unspecified atom stereocenters. The number of benzene rings is 2. The Kier molecular flexibility index (Phi) is 4.09. The van der Waals surface area contributed by atoms with Crippen LogP contribution >= 0.6 is 0 Å². The second kappa shape index (κ2) is 5.61. The zero-order valence-electron chi connectivity index (χ0n) is 12.4. The third-order valence-electron chi connectivity index (χ3n) is 4.18. The van der Waals surface area contributed by atoms with Gasteiger partial charge in [-0.2, -0.15) is 0 Å². The van der Waals surface area contributed by atoms with Crippen molar-refractivity contribution >= 4 is 0 Å². The lowest BCUT2D eigenvalue weighted by atomic mass is 9.69. The Morgan fingerprint density at radius 3 is 1.37 bits per heavy atom. The van der Waals surface area contributed by atoms with Gasteiger partial charge in [-0.25, -0.2) is 0 Å². The number of hydrogen-bond acceptors (Lipinski definition) is 0. The van der Waals surface area contributed by atoms with Crippen LogP contribution in [0.4, 0.5) is 0 Å². The van der Waals surface area contributed by atoms with Crippen LogP contribution in [0.2, 0.25) is 0 Å². The van der Waals surface area contributed by atoms with Crippen molar-refractivity contribution in [3.05, 3.63) is 71.8 Å². The molecule has 19 heavy (non-hydrogen) atoms. The molecule has 0 spiro atoms. The van der Waals surface area contributed by atoms with Crippen LogP contribution in [0.1, 0.15) is 44.7 Å². The van der Waals surface area contributed by atoms with Gasteiger partial charge in [0.25, 0.3) is 0 Å². The maximum atomic E-state index is 2.37. The van der Waals surface area contributed by atoms with Crippen molar-refractivity contribution in [2.45, 2.75) is 33.6 Å². The van der Waals surface area contributed by atoms with Crippen LogP contribution in [0.25, 0.3) is 0 Å². The lowest BCUT2D eigenvalue weighted by Gasteiger charge is -2.35. The molecule has 2 aromatic rings. The van der Waals surface area contributed by atoms with Gasteiger partial charge in [0, 0.05) is 5.92 Å². The van der Waals surface area contributed by atoms with Gasteiger partial charge in [-0.3, -0.25) is 0 Å². The second-order valence-electron chi connectivity index (χ2n) is 6.45. The Balaban J connectivity index is 2.46. The summed E-state index contributed by atoms with van der Waals surface area (Å²) in [4.78, 5) is 0. The van der Waals surface area contributed by atoms with Crippen LogP contribution in [0.3, 0.4) is 0 Å². The molecule has 0 heterocycles. The standard InChI is InChI=1S/C19H24/c1-15(19(2,3)4)18(16-11-7-5-8-12-16)17-13-9-6-10-14-17/h5-15,18H,1-4H3. The molecule has 0 nitrogen and oxygen atoms in total. The van der Waals surface area contributed by atoms with Gasteiger partial charge in [0.15, 0.2) is 0 Å². The summed E-state index contributed by atoms with van der Waals surface area (Å²) in [6.45, 7) is 9.36. The third-order valence-corrected chi connectivity index (χ3v) is 4.18. The molecular weight excluding hydrogens is 228 g/mol. The summed E-state index contributed by atoms with van der Waals surface area (Å²) in [5.74, 6) is 1.04. The fourth-order valence-electron chi connectivity index (χ4n) is 2.59. The zero-order valence-corrected chi connectivity index (χ0v) is 12.4. The van der Waals surface area contributed by atoms with E-state index in [1.807, 2.05) is 0 Å². The molecule has 0 heteroatoms. The van der Waals surface area contributed by atoms with Gasteiger partial charge >= 0.3 is 0 Å². The second-order valence-corrected chi connectivity index (χ2v) is 6.45. The van der Waals surface area contributed by atoms with Crippen molar-refractivity contribution in [1.82, 2.24) is 0 Å². The molecule has 0 radical (unpaired) electrons. The van der Waals surface area contributed by atoms with Crippen molar-refractivity contribution in [2.24, 2.45) is 11.3 Å². The highest BCUT2D eigenvalue weighted by Gasteiger charge is 2.30. The summed E-state index contributed by atoms with van der Waals surface area (Å²) < 4.78 is 0. The van der Waals surface area contributed by atoms with Gasteiger partial charge in [-0.05, 0) is 22.5 Å². The van der Waals surface area contributed by atoms with E-state index in [1.165, 1.54) is 11.1 Å². The van der Waals surface area contributed by atoms with Crippen LogP contribution < -0.4 is 0 Å². The van der Waals surface area contributed by atoms with E-state index in [9.17, 15) is 0 Å². The predicted octanol–water partition coefficient (Wildman–Crippen LogP) is 5.50. The average molecular weight is 252 g/mol. The monoisotopic (exact) mass is 252 g/mol. The van der Waals surface area contributed by atoms with E-state index in [2.05, 4.69) is 88.4 Å². The summed E-state index contributed by atoms with van der Waals surface area (Å²) in [6, 6.07) is 21.7. The summed E-state index contributed by atoms with van der Waals surface area (Å²) in [7, 11) is 0. The molecule has 2 rings (SSSR count). The minimum absolute atomic E-state index is 0.288. The molecule has 0 aromatic heterocycles. The minimum Gasteiger partial charge on any atom is -0.0622 e. The van der Waals surface area contributed by atoms with Gasteiger partial charge in [0.05, 0.1) is 0 Å². The number of rotatable bonds is 3. The lowest BCUT2D eigenvalue weighted by Crippen LogP contribution is -2.25. The number of hydrogen-bond donors (Lipinski definition) is 0. The molecule has 0 bridgehead atoms. The van der Waals surface area contributed by atoms with Crippen molar-refractivity contribution in [1.29, 1.82) is 0 Å². The maximum absolute atomic E-state index is 2.37. The highest BCUT2D eigenvalue weighted by Crippen LogP contribution is 2.41. The predicted molar refractivity (Wildman–Crippen MR) is 83.3 cm³/mol. The van der Waals surface area contributed by atoms with Gasteiger partial charge < -0.3 is 0 Å². The van der Waals surface area contributed by atoms with Crippen LogP contribution in [-0.2, 0) is 0 Å². The summed E-state index contributed by atoms with van der Waals surface area (Å²) >= 11 is 0. The van der Waals surface area contributed by atoms with E-state index in [0.717, 1.165) is 0 Å². The molecule has 1 atom stereocenters. The quantitative estimate of drug-likeness (QED) is 0.676. The first-order valence-corrected chi connectivity index (χ1v) is 7.10. The van der Waals surface area contributed by atoms with Crippen LogP contribution in [-0.4, -0.2) is 0 Å². The van der Waals surface area contributed by atoms with E-state index in [0.29, 0.717) is 11.8 Å². The highest BCUT2D eigenvalue weighted by atomic mass is 14.3. The topological polar surface area (TPSA) is 0 Å². The first-order valence-electron chi connectivity index (χ1n) is 7.10. The Morgan fingerprint density at radius 2 is 1.05 bits per heavy atom. The summed E-state index contributed by atoms with van der Waals surface area (Å²) in [6.07, 6.45) is 0. The Labute approximate surface area is 117 Å². The minimum atomic E-state index is 0.288. The van der Waals surface area contributed by atoms with Crippen molar-refractivity contribution in [2.75, 3.05) is 0 Å². The molecule has 0 aliphatic heterocycles. The largest absolute Gasteiger partial charge is 0.0622 e. The molecule has 0 N–H and O–H groups in total. The Hall–Kier alpha value is -1.56. The Morgan fingerprint density at radius 1 is 0.684 bits per heavy atom. The maximum Gasteiger partial charge on any atom is 0.0120 e. The van der Waals surface area contributed by atoms with Crippen molar-refractivity contribution in [3.8, 4) is 0 Å². The summed E-state index contributed by atoms with van der Waals surface area (Å²) in [5.41, 5.74) is 3.11. The normalized spacial score (nSPS) is 13.5. The van der Waals surface area contributed by atoms with E-state index in [-0.39, 0.29) is 5.41 Å². The molecule has 0 aliphatic rings. The van der Waals surface area contributed by atoms with Gasteiger partial charge in [0.2, 0.25) is 0 Å².